The molecule has 0 bridgehead atoms. The van der Waals surface area contributed by atoms with Gasteiger partial charge in [0, 0.05) is 24.2 Å². The van der Waals surface area contributed by atoms with Crippen LogP contribution in [-0.2, 0) is 14.9 Å². The van der Waals surface area contributed by atoms with Gasteiger partial charge in [-0.15, -0.1) is 12.4 Å². The number of fused-ring (bicyclic) bond motifs is 1. The highest BCUT2D eigenvalue weighted by Gasteiger charge is 2.23. The Morgan fingerprint density at radius 2 is 2.17 bits per heavy atom. The van der Waals surface area contributed by atoms with Crippen LogP contribution in [-0.4, -0.2) is 36.7 Å². The van der Waals surface area contributed by atoms with Gasteiger partial charge in [-0.25, -0.2) is 4.98 Å². The fourth-order valence-electron chi connectivity index (χ4n) is 2.28. The van der Waals surface area contributed by atoms with Crippen LogP contribution in [0.5, 0.6) is 0 Å². The number of halogens is 1. The number of hydrogen-bond acceptors (Lipinski definition) is 5. The molecule has 23 heavy (non-hydrogen) atoms. The van der Waals surface area contributed by atoms with Gasteiger partial charge in [-0.1, -0.05) is 20.8 Å². The van der Waals surface area contributed by atoms with E-state index in [1.54, 1.807) is 0 Å². The summed E-state index contributed by atoms with van der Waals surface area (Å²) < 4.78 is 11.2. The molecule has 1 saturated heterocycles. The molecule has 1 atom stereocenters. The summed E-state index contributed by atoms with van der Waals surface area (Å²) in [5.74, 6) is 0.539. The number of anilines is 1. The summed E-state index contributed by atoms with van der Waals surface area (Å²) >= 11 is 0. The highest BCUT2D eigenvalue weighted by atomic mass is 35.5. The Morgan fingerprint density at radius 1 is 1.39 bits per heavy atom. The number of nitrogens with one attached hydrogen (secondary N) is 2. The molecule has 126 valence electrons. The number of hydrogen-bond donors (Lipinski definition) is 2. The van der Waals surface area contributed by atoms with Gasteiger partial charge in [0.15, 0.2) is 5.58 Å². The number of aromatic nitrogens is 1. The molecule has 0 radical (unpaired) electrons. The lowest BCUT2D eigenvalue weighted by atomic mass is 9.97. The number of amides is 1. The minimum absolute atomic E-state index is 0. The van der Waals surface area contributed by atoms with Gasteiger partial charge in [0.1, 0.15) is 11.6 Å². The number of benzene rings is 1. The Hall–Kier alpha value is -1.63. The number of morpholine rings is 1. The maximum atomic E-state index is 12.1. The van der Waals surface area contributed by atoms with Crippen molar-refractivity contribution in [2.75, 3.05) is 25.0 Å². The summed E-state index contributed by atoms with van der Waals surface area (Å²) in [7, 11) is 0. The van der Waals surface area contributed by atoms with E-state index in [4.69, 9.17) is 9.15 Å². The van der Waals surface area contributed by atoms with Gasteiger partial charge in [0.05, 0.1) is 6.61 Å². The van der Waals surface area contributed by atoms with Crippen molar-refractivity contribution in [1.82, 2.24) is 10.3 Å². The molecule has 3 rings (SSSR count). The number of oxazole rings is 1. The third kappa shape index (κ3) is 4.02. The molecule has 1 unspecified atom stereocenters. The van der Waals surface area contributed by atoms with Crippen molar-refractivity contribution in [3.8, 4) is 0 Å². The van der Waals surface area contributed by atoms with Crippen LogP contribution in [0.25, 0.3) is 11.1 Å². The molecule has 1 aromatic carbocycles. The molecule has 1 aliphatic heterocycles. The Morgan fingerprint density at radius 3 is 2.83 bits per heavy atom. The summed E-state index contributed by atoms with van der Waals surface area (Å²) in [5.41, 5.74) is 2.01. The molecule has 1 fully saturated rings. The molecule has 1 amide bonds. The zero-order chi connectivity index (χ0) is 15.7. The Balaban J connectivity index is 0.00000192. The lowest BCUT2D eigenvalue weighted by Crippen LogP contribution is -2.45. The van der Waals surface area contributed by atoms with E-state index >= 15 is 0 Å². The Labute approximate surface area is 141 Å². The minimum Gasteiger partial charge on any atom is -0.440 e. The van der Waals surface area contributed by atoms with E-state index < -0.39 is 6.10 Å². The summed E-state index contributed by atoms with van der Waals surface area (Å²) in [6.07, 6.45) is -0.452. The predicted molar refractivity (Wildman–Crippen MR) is 91.2 cm³/mol. The van der Waals surface area contributed by atoms with Crippen LogP contribution in [0.4, 0.5) is 5.69 Å². The molecular weight excluding hydrogens is 318 g/mol. The largest absolute Gasteiger partial charge is 0.440 e. The average molecular weight is 340 g/mol. The fraction of sp³-hybridized carbons (Fsp3) is 0.500. The van der Waals surface area contributed by atoms with Gasteiger partial charge in [-0.05, 0) is 18.2 Å². The molecular formula is C16H22ClN3O3. The third-order valence-electron chi connectivity index (χ3n) is 3.52. The lowest BCUT2D eigenvalue weighted by Gasteiger charge is -2.22. The topological polar surface area (TPSA) is 76.4 Å². The zero-order valence-electron chi connectivity index (χ0n) is 13.5. The first-order chi connectivity index (χ1) is 10.4. The predicted octanol–water partition coefficient (Wildman–Crippen LogP) is 2.47. The quantitative estimate of drug-likeness (QED) is 0.879. The number of carbonyl (C=O) groups excluding carboxylic acids is 1. The molecule has 2 heterocycles. The van der Waals surface area contributed by atoms with Gasteiger partial charge in [0.2, 0.25) is 5.89 Å². The van der Waals surface area contributed by atoms with Crippen molar-refractivity contribution in [1.29, 1.82) is 0 Å². The maximum absolute atomic E-state index is 12.1. The van der Waals surface area contributed by atoms with Crippen molar-refractivity contribution in [3.05, 3.63) is 24.1 Å². The van der Waals surface area contributed by atoms with Gasteiger partial charge >= 0.3 is 0 Å². The van der Waals surface area contributed by atoms with Crippen molar-refractivity contribution in [2.24, 2.45) is 0 Å². The van der Waals surface area contributed by atoms with Crippen LogP contribution >= 0.6 is 12.4 Å². The van der Waals surface area contributed by atoms with E-state index in [9.17, 15) is 4.79 Å². The van der Waals surface area contributed by atoms with Crippen LogP contribution in [0.3, 0.4) is 0 Å². The highest BCUT2D eigenvalue weighted by Crippen LogP contribution is 2.27. The summed E-state index contributed by atoms with van der Waals surface area (Å²) in [6.45, 7) is 8.02. The summed E-state index contributed by atoms with van der Waals surface area (Å²) in [4.78, 5) is 16.7. The molecule has 7 heteroatoms. The summed E-state index contributed by atoms with van der Waals surface area (Å²) in [6, 6.07) is 5.46. The highest BCUT2D eigenvalue weighted by molar-refractivity contribution is 5.95. The second kappa shape index (κ2) is 6.86. The molecule has 1 aromatic heterocycles. The van der Waals surface area contributed by atoms with E-state index in [0.29, 0.717) is 24.7 Å². The Bertz CT molecular complexity index is 687. The first-order valence-electron chi connectivity index (χ1n) is 7.48. The second-order valence-corrected chi connectivity index (χ2v) is 6.50. The fourth-order valence-corrected chi connectivity index (χ4v) is 2.28. The zero-order valence-corrected chi connectivity index (χ0v) is 14.3. The summed E-state index contributed by atoms with van der Waals surface area (Å²) in [5, 5.41) is 6.00. The Kier molecular flexibility index (Phi) is 5.29. The van der Waals surface area contributed by atoms with E-state index in [1.807, 2.05) is 39.0 Å². The monoisotopic (exact) mass is 339 g/mol. The standard InChI is InChI=1S/C16H21N3O3.ClH/c1-16(2,3)15-19-11-8-10(4-5-12(11)22-15)18-14(20)13-9-17-6-7-21-13;/h4-5,8,13,17H,6-7,9H2,1-3H3,(H,18,20);1H. The lowest BCUT2D eigenvalue weighted by molar-refractivity contribution is -0.128. The average Bonchev–Trinajstić information content (AvgIpc) is 2.91. The molecule has 1 aliphatic rings. The van der Waals surface area contributed by atoms with Gasteiger partial charge in [-0.3, -0.25) is 4.79 Å². The third-order valence-corrected chi connectivity index (χ3v) is 3.52. The van der Waals surface area contributed by atoms with E-state index in [0.717, 1.165) is 17.6 Å². The minimum atomic E-state index is -0.452. The van der Waals surface area contributed by atoms with Crippen LogP contribution in [0.15, 0.2) is 22.6 Å². The van der Waals surface area contributed by atoms with Crippen LogP contribution in [0.1, 0.15) is 26.7 Å². The van der Waals surface area contributed by atoms with Crippen molar-refractivity contribution in [3.63, 3.8) is 0 Å². The van der Waals surface area contributed by atoms with E-state index in [-0.39, 0.29) is 23.7 Å². The van der Waals surface area contributed by atoms with Gasteiger partial charge in [-0.2, -0.15) is 0 Å². The normalized spacial score (nSPS) is 18.5. The van der Waals surface area contributed by atoms with Gasteiger partial charge in [0.25, 0.3) is 5.91 Å². The number of nitrogens with zero attached hydrogens (tertiary/aromatic N) is 1. The van der Waals surface area contributed by atoms with Crippen LogP contribution in [0, 0.1) is 0 Å². The molecule has 0 saturated carbocycles. The number of carbonyl (C=O) groups is 1. The van der Waals surface area contributed by atoms with E-state index in [1.165, 1.54) is 0 Å². The smallest absolute Gasteiger partial charge is 0.254 e. The first kappa shape index (κ1) is 17.7. The molecule has 0 spiro atoms. The second-order valence-electron chi connectivity index (χ2n) is 6.50. The maximum Gasteiger partial charge on any atom is 0.254 e. The van der Waals surface area contributed by atoms with Crippen molar-refractivity contribution in [2.45, 2.75) is 32.3 Å². The van der Waals surface area contributed by atoms with Crippen molar-refractivity contribution < 1.29 is 13.9 Å². The molecule has 6 nitrogen and oxygen atoms in total. The first-order valence-corrected chi connectivity index (χ1v) is 7.48. The van der Waals surface area contributed by atoms with Gasteiger partial charge < -0.3 is 19.8 Å². The number of ether oxygens (including phenoxy) is 1. The SMILES string of the molecule is CC(C)(C)c1nc2cc(NC(=O)C3CNCCO3)ccc2o1.Cl. The van der Waals surface area contributed by atoms with Crippen LogP contribution < -0.4 is 10.6 Å². The van der Waals surface area contributed by atoms with Crippen molar-refractivity contribution >= 4 is 35.1 Å². The molecule has 2 aromatic rings. The molecule has 2 N–H and O–H groups in total. The van der Waals surface area contributed by atoms with E-state index in [2.05, 4.69) is 15.6 Å². The van der Waals surface area contributed by atoms with Crippen LogP contribution in [0.2, 0.25) is 0 Å². The number of rotatable bonds is 2. The molecule has 0 aliphatic carbocycles.